The largest absolute Gasteiger partial charge is 0.318 e. The molecular weight excluding hydrogens is 186 g/mol. The molecule has 0 amide bonds. The molecular formula is C10H8ClNO. The number of aryl methyl sites for hydroxylation is 1. The molecule has 0 fully saturated rings. The normalized spacial score (nSPS) is 10.6. The van der Waals surface area contributed by atoms with Crippen molar-refractivity contribution in [1.29, 1.82) is 0 Å². The Morgan fingerprint density at radius 2 is 2.08 bits per heavy atom. The van der Waals surface area contributed by atoms with Gasteiger partial charge in [-0.2, -0.15) is 0 Å². The highest BCUT2D eigenvalue weighted by molar-refractivity contribution is 6.35. The van der Waals surface area contributed by atoms with E-state index < -0.39 is 0 Å². The molecule has 0 aliphatic rings. The summed E-state index contributed by atoms with van der Waals surface area (Å²) in [6.45, 7) is 0. The molecule has 0 spiro atoms. The van der Waals surface area contributed by atoms with Crippen LogP contribution in [0.2, 0.25) is 5.02 Å². The fourth-order valence-electron chi connectivity index (χ4n) is 1.34. The average molecular weight is 194 g/mol. The maximum atomic E-state index is 11.6. The monoisotopic (exact) mass is 193 g/mol. The van der Waals surface area contributed by atoms with Gasteiger partial charge in [0, 0.05) is 13.2 Å². The molecule has 0 radical (unpaired) electrons. The maximum Gasteiger partial charge on any atom is 0.259 e. The van der Waals surface area contributed by atoms with Crippen molar-refractivity contribution < 1.29 is 0 Å². The van der Waals surface area contributed by atoms with Gasteiger partial charge in [-0.25, -0.2) is 0 Å². The number of benzene rings is 1. The Balaban J connectivity index is 3.06. The van der Waals surface area contributed by atoms with Crippen LogP contribution in [0.5, 0.6) is 0 Å². The molecule has 2 nitrogen and oxygen atoms in total. The summed E-state index contributed by atoms with van der Waals surface area (Å²) in [6, 6.07) is 7.32. The first-order valence-corrected chi connectivity index (χ1v) is 4.32. The van der Waals surface area contributed by atoms with E-state index in [4.69, 9.17) is 11.6 Å². The van der Waals surface area contributed by atoms with Crippen molar-refractivity contribution in [2.75, 3.05) is 0 Å². The van der Waals surface area contributed by atoms with Crippen LogP contribution in [-0.2, 0) is 7.05 Å². The van der Waals surface area contributed by atoms with Gasteiger partial charge < -0.3 is 4.57 Å². The van der Waals surface area contributed by atoms with Crippen LogP contribution in [0.4, 0.5) is 0 Å². The van der Waals surface area contributed by atoms with E-state index in [1.54, 1.807) is 19.3 Å². The first kappa shape index (κ1) is 8.32. The number of hydrogen-bond acceptors (Lipinski definition) is 1. The molecule has 66 valence electrons. The summed E-state index contributed by atoms with van der Waals surface area (Å²) in [5, 5.41) is 1.99. The number of fused-ring (bicyclic) bond motifs is 1. The molecule has 0 saturated carbocycles. The summed E-state index contributed by atoms with van der Waals surface area (Å²) in [5.41, 5.74) is -0.0527. The van der Waals surface area contributed by atoms with Crippen molar-refractivity contribution in [3.63, 3.8) is 0 Å². The second kappa shape index (κ2) is 2.89. The van der Waals surface area contributed by atoms with Gasteiger partial charge in [-0.3, -0.25) is 4.79 Å². The second-order valence-corrected chi connectivity index (χ2v) is 3.34. The third kappa shape index (κ3) is 1.23. The first-order valence-electron chi connectivity index (χ1n) is 3.94. The Morgan fingerprint density at radius 1 is 1.31 bits per heavy atom. The number of aromatic nitrogens is 1. The predicted molar refractivity (Wildman–Crippen MR) is 54.2 cm³/mol. The summed E-state index contributed by atoms with van der Waals surface area (Å²) in [5.74, 6) is 0. The number of pyridine rings is 1. The molecule has 2 rings (SSSR count). The predicted octanol–water partition coefficient (Wildman–Crippen LogP) is 2.19. The Morgan fingerprint density at radius 3 is 2.85 bits per heavy atom. The van der Waals surface area contributed by atoms with Gasteiger partial charge in [-0.05, 0) is 17.5 Å². The van der Waals surface area contributed by atoms with Gasteiger partial charge in [0.2, 0.25) is 0 Å². The topological polar surface area (TPSA) is 22.0 Å². The number of nitrogens with zero attached hydrogens (tertiary/aromatic N) is 1. The van der Waals surface area contributed by atoms with Crippen LogP contribution < -0.4 is 5.56 Å². The zero-order chi connectivity index (χ0) is 9.42. The SMILES string of the molecule is Cn1ccc2cccc(Cl)c2c1=O. The van der Waals surface area contributed by atoms with E-state index in [0.29, 0.717) is 10.4 Å². The molecule has 13 heavy (non-hydrogen) atoms. The first-order chi connectivity index (χ1) is 6.20. The van der Waals surface area contributed by atoms with Gasteiger partial charge >= 0.3 is 0 Å². The molecule has 0 bridgehead atoms. The number of rotatable bonds is 0. The van der Waals surface area contributed by atoms with Crippen molar-refractivity contribution in [1.82, 2.24) is 4.57 Å². The van der Waals surface area contributed by atoms with Crippen LogP contribution in [0.1, 0.15) is 0 Å². The summed E-state index contributed by atoms with van der Waals surface area (Å²) in [4.78, 5) is 11.6. The van der Waals surface area contributed by atoms with Crippen molar-refractivity contribution >= 4 is 22.4 Å². The highest BCUT2D eigenvalue weighted by Crippen LogP contribution is 2.18. The van der Waals surface area contributed by atoms with Crippen LogP contribution >= 0.6 is 11.6 Å². The maximum absolute atomic E-state index is 11.6. The molecule has 0 aliphatic carbocycles. The third-order valence-corrected chi connectivity index (χ3v) is 2.37. The summed E-state index contributed by atoms with van der Waals surface area (Å²) in [6.07, 6.45) is 1.74. The van der Waals surface area contributed by atoms with Crippen LogP contribution in [0.3, 0.4) is 0 Å². The van der Waals surface area contributed by atoms with Gasteiger partial charge in [-0.15, -0.1) is 0 Å². The summed E-state index contributed by atoms with van der Waals surface area (Å²) in [7, 11) is 1.71. The molecule has 0 unspecified atom stereocenters. The molecule has 0 N–H and O–H groups in total. The number of halogens is 1. The lowest BCUT2D eigenvalue weighted by Gasteiger charge is -2.01. The lowest BCUT2D eigenvalue weighted by molar-refractivity contribution is 0.873. The van der Waals surface area contributed by atoms with Crippen molar-refractivity contribution in [2.45, 2.75) is 0 Å². The van der Waals surface area contributed by atoms with E-state index in [9.17, 15) is 4.79 Å². The zero-order valence-corrected chi connectivity index (χ0v) is 7.88. The van der Waals surface area contributed by atoms with Crippen LogP contribution in [-0.4, -0.2) is 4.57 Å². The summed E-state index contributed by atoms with van der Waals surface area (Å²) < 4.78 is 1.52. The standard InChI is InChI=1S/C10H8ClNO/c1-12-6-5-7-3-2-4-8(11)9(7)10(12)13/h2-6H,1H3. The van der Waals surface area contributed by atoms with Crippen LogP contribution in [0.25, 0.3) is 10.8 Å². The van der Waals surface area contributed by atoms with E-state index in [1.165, 1.54) is 4.57 Å². The van der Waals surface area contributed by atoms with Crippen molar-refractivity contribution in [3.05, 3.63) is 45.8 Å². The van der Waals surface area contributed by atoms with E-state index in [1.807, 2.05) is 18.2 Å². The minimum Gasteiger partial charge on any atom is -0.318 e. The van der Waals surface area contributed by atoms with Crippen LogP contribution in [0, 0.1) is 0 Å². The Bertz CT molecular complexity index is 516. The minimum atomic E-state index is -0.0527. The molecule has 1 aromatic carbocycles. The minimum absolute atomic E-state index is 0.0527. The van der Waals surface area contributed by atoms with E-state index in [2.05, 4.69) is 0 Å². The lowest BCUT2D eigenvalue weighted by Crippen LogP contribution is -2.15. The second-order valence-electron chi connectivity index (χ2n) is 2.94. The Kier molecular flexibility index (Phi) is 1.85. The van der Waals surface area contributed by atoms with E-state index in [-0.39, 0.29) is 5.56 Å². The highest BCUT2D eigenvalue weighted by atomic mass is 35.5. The van der Waals surface area contributed by atoms with Crippen LogP contribution in [0.15, 0.2) is 35.3 Å². The third-order valence-electron chi connectivity index (χ3n) is 2.06. The van der Waals surface area contributed by atoms with Crippen molar-refractivity contribution in [3.8, 4) is 0 Å². The Hall–Kier alpha value is -1.28. The van der Waals surface area contributed by atoms with E-state index in [0.717, 1.165) is 5.39 Å². The Labute approximate surface area is 80.4 Å². The molecule has 0 saturated heterocycles. The van der Waals surface area contributed by atoms with Gasteiger partial charge in [0.15, 0.2) is 0 Å². The average Bonchev–Trinajstić information content (AvgIpc) is 2.12. The van der Waals surface area contributed by atoms with E-state index >= 15 is 0 Å². The van der Waals surface area contributed by atoms with Gasteiger partial charge in [0.25, 0.3) is 5.56 Å². The molecule has 1 aromatic heterocycles. The zero-order valence-electron chi connectivity index (χ0n) is 7.12. The quantitative estimate of drug-likeness (QED) is 0.629. The molecule has 2 aromatic rings. The summed E-state index contributed by atoms with van der Waals surface area (Å²) >= 11 is 5.92. The fraction of sp³-hybridized carbons (Fsp3) is 0.100. The smallest absolute Gasteiger partial charge is 0.259 e. The molecule has 1 heterocycles. The lowest BCUT2D eigenvalue weighted by atomic mass is 10.2. The fourth-order valence-corrected chi connectivity index (χ4v) is 1.60. The molecule has 0 aliphatic heterocycles. The number of hydrogen-bond donors (Lipinski definition) is 0. The van der Waals surface area contributed by atoms with Gasteiger partial charge in [-0.1, -0.05) is 23.7 Å². The van der Waals surface area contributed by atoms with Gasteiger partial charge in [0.05, 0.1) is 10.4 Å². The highest BCUT2D eigenvalue weighted by Gasteiger charge is 2.03. The van der Waals surface area contributed by atoms with Crippen molar-refractivity contribution in [2.24, 2.45) is 7.05 Å². The molecule has 0 atom stereocenters. The van der Waals surface area contributed by atoms with Gasteiger partial charge in [0.1, 0.15) is 0 Å². The molecule has 3 heteroatoms.